The van der Waals surface area contributed by atoms with E-state index in [4.69, 9.17) is 9.78 Å². The number of carbonyl (C=O) groups excluding carboxylic acids is 1. The number of hydrogen-bond donors (Lipinski definition) is 0. The number of rotatable bonds is 7. The lowest BCUT2D eigenvalue weighted by molar-refractivity contribution is -0.179. The molecule has 0 amide bonds. The zero-order valence-electron chi connectivity index (χ0n) is 15.9. The second-order valence-electron chi connectivity index (χ2n) is 6.62. The molecular weight excluding hydrogens is 331 g/mol. The van der Waals surface area contributed by atoms with Crippen LogP contribution in [0.2, 0.25) is 0 Å². The highest BCUT2D eigenvalue weighted by atomic mass is 31.1. The number of ketones is 1. The second kappa shape index (κ2) is 8.12. The highest BCUT2D eigenvalue weighted by molar-refractivity contribution is 7.48. The van der Waals surface area contributed by atoms with Gasteiger partial charge in [0.25, 0.3) is 0 Å². The fourth-order valence-corrected chi connectivity index (χ4v) is 4.77. The first-order chi connectivity index (χ1) is 11.8. The minimum Gasteiger partial charge on any atom is -0.337 e. The SMILES string of the molecule is CCC(C)(Pc1ccccc1C(C)=O)c1cc(C)cc(C)c1OOC. The first kappa shape index (κ1) is 19.6. The molecule has 0 aliphatic heterocycles. The minimum atomic E-state index is -0.143. The molecule has 0 saturated heterocycles. The van der Waals surface area contributed by atoms with E-state index < -0.39 is 0 Å². The van der Waals surface area contributed by atoms with Gasteiger partial charge in [0, 0.05) is 16.3 Å². The lowest BCUT2D eigenvalue weighted by atomic mass is 9.93. The van der Waals surface area contributed by atoms with Crippen LogP contribution in [0.15, 0.2) is 36.4 Å². The fraction of sp³-hybridized carbons (Fsp3) is 0.381. The molecule has 4 heteroatoms. The predicted molar refractivity (Wildman–Crippen MR) is 106 cm³/mol. The van der Waals surface area contributed by atoms with E-state index in [1.54, 1.807) is 6.92 Å². The molecule has 0 saturated carbocycles. The van der Waals surface area contributed by atoms with Crippen LogP contribution in [0.1, 0.15) is 54.2 Å². The monoisotopic (exact) mass is 358 g/mol. The Hall–Kier alpha value is -1.70. The summed E-state index contributed by atoms with van der Waals surface area (Å²) in [4.78, 5) is 22.5. The number of Topliss-reactive ketones (excluding diaryl/α,β-unsaturated/α-hetero) is 1. The molecule has 0 heterocycles. The Bertz CT molecular complexity index is 770. The van der Waals surface area contributed by atoms with Gasteiger partial charge >= 0.3 is 0 Å². The molecule has 134 valence electrons. The summed E-state index contributed by atoms with van der Waals surface area (Å²) in [5.74, 6) is 0.889. The Morgan fingerprint density at radius 3 is 2.48 bits per heavy atom. The molecule has 0 N–H and O–H groups in total. The molecule has 0 fully saturated rings. The van der Waals surface area contributed by atoms with Crippen LogP contribution in [-0.2, 0) is 10.0 Å². The summed E-state index contributed by atoms with van der Waals surface area (Å²) in [6.07, 6.45) is 0.931. The van der Waals surface area contributed by atoms with Crippen LogP contribution < -0.4 is 10.2 Å². The summed E-state index contributed by atoms with van der Waals surface area (Å²) in [6, 6.07) is 12.2. The van der Waals surface area contributed by atoms with Crippen molar-refractivity contribution in [3.05, 3.63) is 58.7 Å². The van der Waals surface area contributed by atoms with Crippen molar-refractivity contribution in [1.82, 2.24) is 0 Å². The van der Waals surface area contributed by atoms with E-state index in [-0.39, 0.29) is 10.9 Å². The maximum atomic E-state index is 12.0. The number of carbonyl (C=O) groups is 1. The molecule has 2 atom stereocenters. The van der Waals surface area contributed by atoms with Gasteiger partial charge in [-0.2, -0.15) is 4.89 Å². The molecule has 2 unspecified atom stereocenters. The van der Waals surface area contributed by atoms with Crippen LogP contribution in [0.25, 0.3) is 0 Å². The van der Waals surface area contributed by atoms with Gasteiger partial charge in [0.2, 0.25) is 0 Å². The van der Waals surface area contributed by atoms with Gasteiger partial charge in [-0.25, -0.2) is 0 Å². The quantitative estimate of drug-likeness (QED) is 0.300. The van der Waals surface area contributed by atoms with E-state index in [1.807, 2.05) is 25.1 Å². The molecule has 0 radical (unpaired) electrons. The van der Waals surface area contributed by atoms with E-state index in [2.05, 4.69) is 39.0 Å². The first-order valence-corrected chi connectivity index (χ1v) is 9.53. The van der Waals surface area contributed by atoms with Gasteiger partial charge in [0.05, 0.1) is 7.11 Å². The van der Waals surface area contributed by atoms with Crippen LogP contribution >= 0.6 is 8.58 Å². The van der Waals surface area contributed by atoms with Gasteiger partial charge in [0.15, 0.2) is 11.5 Å². The van der Waals surface area contributed by atoms with Gasteiger partial charge in [-0.1, -0.05) is 64.4 Å². The zero-order chi connectivity index (χ0) is 18.6. The Labute approximate surface area is 152 Å². The van der Waals surface area contributed by atoms with E-state index >= 15 is 0 Å². The summed E-state index contributed by atoms with van der Waals surface area (Å²) < 4.78 is 0. The summed E-state index contributed by atoms with van der Waals surface area (Å²) in [5.41, 5.74) is 4.19. The van der Waals surface area contributed by atoms with Crippen LogP contribution in [0.4, 0.5) is 0 Å². The van der Waals surface area contributed by atoms with Crippen molar-refractivity contribution < 1.29 is 14.6 Å². The summed E-state index contributed by atoms with van der Waals surface area (Å²) in [7, 11) is 1.98. The average molecular weight is 358 g/mol. The lowest BCUT2D eigenvalue weighted by Crippen LogP contribution is -2.22. The van der Waals surface area contributed by atoms with E-state index in [0.29, 0.717) is 8.58 Å². The van der Waals surface area contributed by atoms with Crippen LogP contribution in [0.3, 0.4) is 0 Å². The molecule has 3 nitrogen and oxygen atoms in total. The number of hydrogen-bond acceptors (Lipinski definition) is 3. The maximum Gasteiger partial charge on any atom is 0.172 e. The lowest BCUT2D eigenvalue weighted by Gasteiger charge is -2.32. The first-order valence-electron chi connectivity index (χ1n) is 8.53. The van der Waals surface area contributed by atoms with Crippen molar-refractivity contribution in [1.29, 1.82) is 0 Å². The average Bonchev–Trinajstić information content (AvgIpc) is 2.57. The normalized spacial score (nSPS) is 13.8. The molecule has 0 bridgehead atoms. The third-order valence-electron chi connectivity index (χ3n) is 4.60. The van der Waals surface area contributed by atoms with Crippen molar-refractivity contribution in [3.63, 3.8) is 0 Å². The fourth-order valence-electron chi connectivity index (χ4n) is 3.10. The Kier molecular flexibility index (Phi) is 6.37. The third-order valence-corrected chi connectivity index (χ3v) is 6.48. The standard InChI is InChI=1S/C21H27O3P/c1-7-21(5,25-19-11-9-8-10-17(19)16(4)22)18-13-14(2)12-15(3)20(18)24-23-6/h8-13,25H,7H2,1-6H3. The predicted octanol–water partition coefficient (Wildman–Crippen LogP) is 5.08. The summed E-state index contributed by atoms with van der Waals surface area (Å²) in [5, 5.41) is 0.956. The highest BCUT2D eigenvalue weighted by Gasteiger charge is 2.31. The molecule has 0 aromatic heterocycles. The van der Waals surface area contributed by atoms with Gasteiger partial charge in [-0.3, -0.25) is 4.79 Å². The van der Waals surface area contributed by atoms with Crippen LogP contribution in [0.5, 0.6) is 5.75 Å². The van der Waals surface area contributed by atoms with Crippen molar-refractivity contribution in [2.24, 2.45) is 0 Å². The van der Waals surface area contributed by atoms with Crippen molar-refractivity contribution >= 4 is 19.7 Å². The maximum absolute atomic E-state index is 12.0. The van der Waals surface area contributed by atoms with Crippen molar-refractivity contribution in [2.45, 2.75) is 46.2 Å². The molecule has 0 aliphatic carbocycles. The highest BCUT2D eigenvalue weighted by Crippen LogP contribution is 2.48. The molecule has 25 heavy (non-hydrogen) atoms. The van der Waals surface area contributed by atoms with Gasteiger partial charge in [0.1, 0.15) is 0 Å². The van der Waals surface area contributed by atoms with Crippen molar-refractivity contribution in [3.8, 4) is 5.75 Å². The van der Waals surface area contributed by atoms with Crippen LogP contribution in [-0.4, -0.2) is 12.9 Å². The molecule has 0 spiro atoms. The van der Waals surface area contributed by atoms with Gasteiger partial charge in [-0.05, 0) is 38.1 Å². The topological polar surface area (TPSA) is 35.5 Å². The summed E-state index contributed by atoms with van der Waals surface area (Å²) >= 11 is 0. The molecular formula is C21H27O3P. The largest absolute Gasteiger partial charge is 0.337 e. The smallest absolute Gasteiger partial charge is 0.172 e. The van der Waals surface area contributed by atoms with Crippen molar-refractivity contribution in [2.75, 3.05) is 7.11 Å². The van der Waals surface area contributed by atoms with Gasteiger partial charge in [-0.15, -0.1) is 0 Å². The van der Waals surface area contributed by atoms with Crippen LogP contribution in [0, 0.1) is 13.8 Å². The molecule has 2 aromatic carbocycles. The van der Waals surface area contributed by atoms with E-state index in [1.165, 1.54) is 12.7 Å². The van der Waals surface area contributed by atoms with Gasteiger partial charge < -0.3 is 4.89 Å². The summed E-state index contributed by atoms with van der Waals surface area (Å²) in [6.45, 7) is 10.2. The Morgan fingerprint density at radius 2 is 1.88 bits per heavy atom. The second-order valence-corrected chi connectivity index (χ2v) is 8.51. The molecule has 2 aromatic rings. The number of aryl methyl sites for hydroxylation is 2. The van der Waals surface area contributed by atoms with E-state index in [9.17, 15) is 4.79 Å². The minimum absolute atomic E-state index is 0.107. The Balaban J connectivity index is 2.57. The van der Waals surface area contributed by atoms with E-state index in [0.717, 1.165) is 34.2 Å². The zero-order valence-corrected chi connectivity index (χ0v) is 16.9. The Morgan fingerprint density at radius 1 is 1.20 bits per heavy atom. The number of benzene rings is 2. The molecule has 2 rings (SSSR count). The molecule has 0 aliphatic rings. The third kappa shape index (κ3) is 4.29.